The van der Waals surface area contributed by atoms with Crippen molar-refractivity contribution >= 4 is 22.6 Å². The van der Waals surface area contributed by atoms with Gasteiger partial charge in [0, 0.05) is 7.11 Å². The molecule has 0 aliphatic carbocycles. The summed E-state index contributed by atoms with van der Waals surface area (Å²) in [6.45, 7) is 2.52. The summed E-state index contributed by atoms with van der Waals surface area (Å²) in [4.78, 5) is 0. The minimum atomic E-state index is 0.219. The highest BCUT2D eigenvalue weighted by Crippen LogP contribution is 2.05. The molecule has 0 bridgehead atoms. The second-order valence-corrected chi connectivity index (χ2v) is 2.94. The van der Waals surface area contributed by atoms with Crippen molar-refractivity contribution in [3.05, 3.63) is 10.2 Å². The van der Waals surface area contributed by atoms with E-state index in [1.807, 2.05) is 10.2 Å². The molecule has 0 N–H and O–H groups in total. The van der Waals surface area contributed by atoms with Crippen molar-refractivity contribution in [3.63, 3.8) is 0 Å². The molecule has 0 aromatic heterocycles. The molecule has 0 aromatic rings. The van der Waals surface area contributed by atoms with E-state index in [0.717, 1.165) is 12.8 Å². The SMILES string of the molecule is CCCC(/C=C\I)OCOC. The number of methoxy groups -OCH3 is 1. The third-order valence-electron chi connectivity index (χ3n) is 1.26. The molecule has 66 valence electrons. The molecule has 0 spiro atoms. The summed E-state index contributed by atoms with van der Waals surface area (Å²) in [5, 5.41) is 0. The standard InChI is InChI=1S/C8H15IO2/c1-3-4-8(5-6-9)11-7-10-2/h5-6,8H,3-4,7H2,1-2H3/b6-5-. The molecule has 0 rings (SSSR count). The van der Waals surface area contributed by atoms with Crippen LogP contribution in [0.25, 0.3) is 0 Å². The van der Waals surface area contributed by atoms with E-state index < -0.39 is 0 Å². The number of ether oxygens (including phenoxy) is 2. The molecular weight excluding hydrogens is 255 g/mol. The number of rotatable bonds is 6. The first kappa shape index (κ1) is 11.4. The molecule has 1 atom stereocenters. The zero-order valence-corrected chi connectivity index (χ0v) is 9.21. The van der Waals surface area contributed by atoms with Crippen molar-refractivity contribution in [2.24, 2.45) is 0 Å². The zero-order chi connectivity index (χ0) is 8.53. The number of hydrogen-bond acceptors (Lipinski definition) is 2. The molecule has 2 nitrogen and oxygen atoms in total. The monoisotopic (exact) mass is 270 g/mol. The Balaban J connectivity index is 3.51. The molecule has 11 heavy (non-hydrogen) atoms. The summed E-state index contributed by atoms with van der Waals surface area (Å²) in [7, 11) is 1.64. The van der Waals surface area contributed by atoms with Gasteiger partial charge in [-0.3, -0.25) is 0 Å². The van der Waals surface area contributed by atoms with Gasteiger partial charge in [0.1, 0.15) is 6.79 Å². The fraction of sp³-hybridized carbons (Fsp3) is 0.750. The molecule has 3 heteroatoms. The molecule has 0 heterocycles. The summed E-state index contributed by atoms with van der Waals surface area (Å²) in [5.74, 6) is 0. The lowest BCUT2D eigenvalue weighted by atomic mass is 10.2. The number of hydrogen-bond donors (Lipinski definition) is 0. The van der Waals surface area contributed by atoms with E-state index in [-0.39, 0.29) is 6.10 Å². The Morgan fingerprint density at radius 1 is 1.55 bits per heavy atom. The Morgan fingerprint density at radius 2 is 2.27 bits per heavy atom. The zero-order valence-electron chi connectivity index (χ0n) is 7.05. The molecule has 0 amide bonds. The van der Waals surface area contributed by atoms with Gasteiger partial charge in [0.15, 0.2) is 0 Å². The van der Waals surface area contributed by atoms with E-state index in [4.69, 9.17) is 9.47 Å². The van der Waals surface area contributed by atoms with Gasteiger partial charge in [-0.25, -0.2) is 0 Å². The van der Waals surface area contributed by atoms with Gasteiger partial charge in [-0.1, -0.05) is 35.9 Å². The maximum Gasteiger partial charge on any atom is 0.147 e. The van der Waals surface area contributed by atoms with E-state index in [9.17, 15) is 0 Å². The topological polar surface area (TPSA) is 18.5 Å². The van der Waals surface area contributed by atoms with Gasteiger partial charge in [0.2, 0.25) is 0 Å². The molecule has 0 aromatic carbocycles. The van der Waals surface area contributed by atoms with Crippen LogP contribution in [-0.4, -0.2) is 20.0 Å². The van der Waals surface area contributed by atoms with Gasteiger partial charge in [0.25, 0.3) is 0 Å². The van der Waals surface area contributed by atoms with E-state index in [0.29, 0.717) is 6.79 Å². The highest BCUT2D eigenvalue weighted by atomic mass is 127. The van der Waals surface area contributed by atoms with Crippen LogP contribution in [0.5, 0.6) is 0 Å². The third kappa shape index (κ3) is 6.77. The minimum absolute atomic E-state index is 0.219. The quantitative estimate of drug-likeness (QED) is 0.545. The molecule has 0 aliphatic rings. The predicted molar refractivity (Wildman–Crippen MR) is 54.8 cm³/mol. The van der Waals surface area contributed by atoms with Crippen LogP contribution < -0.4 is 0 Å². The fourth-order valence-corrected chi connectivity index (χ4v) is 1.22. The van der Waals surface area contributed by atoms with Crippen LogP contribution >= 0.6 is 22.6 Å². The first-order valence-corrected chi connectivity index (χ1v) is 4.97. The van der Waals surface area contributed by atoms with Crippen molar-refractivity contribution < 1.29 is 9.47 Å². The first-order chi connectivity index (χ1) is 5.35. The highest BCUT2D eigenvalue weighted by molar-refractivity contribution is 14.1. The van der Waals surface area contributed by atoms with Crippen molar-refractivity contribution in [2.75, 3.05) is 13.9 Å². The molecule has 0 aliphatic heterocycles. The lowest BCUT2D eigenvalue weighted by molar-refractivity contribution is -0.0574. The molecule has 0 fully saturated rings. The van der Waals surface area contributed by atoms with Crippen molar-refractivity contribution in [3.8, 4) is 0 Å². The fourth-order valence-electron chi connectivity index (χ4n) is 0.756. The maximum absolute atomic E-state index is 5.36. The summed E-state index contributed by atoms with van der Waals surface area (Å²) in [6.07, 6.45) is 4.46. The van der Waals surface area contributed by atoms with Gasteiger partial charge in [-0.2, -0.15) is 0 Å². The third-order valence-corrected chi connectivity index (χ3v) is 1.68. The average molecular weight is 270 g/mol. The minimum Gasteiger partial charge on any atom is -0.359 e. The van der Waals surface area contributed by atoms with E-state index >= 15 is 0 Å². The molecule has 0 saturated heterocycles. The largest absolute Gasteiger partial charge is 0.359 e. The van der Waals surface area contributed by atoms with Crippen LogP contribution in [0.2, 0.25) is 0 Å². The summed E-state index contributed by atoms with van der Waals surface area (Å²) in [6, 6.07) is 0. The van der Waals surface area contributed by atoms with Crippen molar-refractivity contribution in [2.45, 2.75) is 25.9 Å². The summed E-state index contributed by atoms with van der Waals surface area (Å²) < 4.78 is 12.1. The first-order valence-electron chi connectivity index (χ1n) is 3.72. The molecule has 0 radical (unpaired) electrons. The lowest BCUT2D eigenvalue weighted by Gasteiger charge is -2.11. The Kier molecular flexibility index (Phi) is 8.79. The van der Waals surface area contributed by atoms with Gasteiger partial charge in [-0.05, 0) is 16.6 Å². The Hall–Kier alpha value is 0.390. The van der Waals surface area contributed by atoms with Crippen LogP contribution in [0, 0.1) is 0 Å². The normalized spacial score (nSPS) is 14.1. The van der Waals surface area contributed by atoms with E-state index in [1.54, 1.807) is 7.11 Å². The lowest BCUT2D eigenvalue weighted by Crippen LogP contribution is -2.10. The Bertz CT molecular complexity index is 104. The second-order valence-electron chi connectivity index (χ2n) is 2.22. The van der Waals surface area contributed by atoms with Gasteiger partial charge < -0.3 is 9.47 Å². The molecule has 0 saturated carbocycles. The Morgan fingerprint density at radius 3 is 2.73 bits per heavy atom. The second kappa shape index (κ2) is 8.49. The molecule has 1 unspecified atom stereocenters. The van der Waals surface area contributed by atoms with Crippen molar-refractivity contribution in [1.82, 2.24) is 0 Å². The van der Waals surface area contributed by atoms with E-state index in [1.165, 1.54) is 0 Å². The van der Waals surface area contributed by atoms with Crippen LogP contribution in [0.1, 0.15) is 19.8 Å². The van der Waals surface area contributed by atoms with Crippen LogP contribution in [0.3, 0.4) is 0 Å². The smallest absolute Gasteiger partial charge is 0.147 e. The summed E-state index contributed by atoms with van der Waals surface area (Å²) in [5.41, 5.74) is 0. The van der Waals surface area contributed by atoms with E-state index in [2.05, 4.69) is 29.5 Å². The van der Waals surface area contributed by atoms with Gasteiger partial charge in [0.05, 0.1) is 6.10 Å². The average Bonchev–Trinajstić information content (AvgIpc) is 2.01. The van der Waals surface area contributed by atoms with Crippen LogP contribution in [-0.2, 0) is 9.47 Å². The number of halogens is 1. The van der Waals surface area contributed by atoms with Crippen LogP contribution in [0.15, 0.2) is 10.2 Å². The molecular formula is C8H15IO2. The predicted octanol–water partition coefficient (Wildman–Crippen LogP) is 2.72. The van der Waals surface area contributed by atoms with Gasteiger partial charge >= 0.3 is 0 Å². The van der Waals surface area contributed by atoms with Crippen molar-refractivity contribution in [1.29, 1.82) is 0 Å². The summed E-state index contributed by atoms with van der Waals surface area (Å²) >= 11 is 2.19. The highest BCUT2D eigenvalue weighted by Gasteiger charge is 2.01. The maximum atomic E-state index is 5.36. The van der Waals surface area contributed by atoms with Crippen LogP contribution in [0.4, 0.5) is 0 Å². The Labute approximate surface area is 82.1 Å². The van der Waals surface area contributed by atoms with Gasteiger partial charge in [-0.15, -0.1) is 0 Å².